The summed E-state index contributed by atoms with van der Waals surface area (Å²) >= 11 is 0. The van der Waals surface area contributed by atoms with E-state index in [9.17, 15) is 4.79 Å². The minimum atomic E-state index is 0.00626. The van der Waals surface area contributed by atoms with Crippen molar-refractivity contribution in [3.63, 3.8) is 0 Å². The Balaban J connectivity index is 1.97. The number of fused-ring (bicyclic) bond motifs is 1. The predicted molar refractivity (Wildman–Crippen MR) is 80.5 cm³/mol. The van der Waals surface area contributed by atoms with Crippen LogP contribution < -0.4 is 5.32 Å². The number of nitrogens with one attached hydrogen (secondary N) is 2. The molecular formula is C16H15N3O. The van der Waals surface area contributed by atoms with E-state index in [-0.39, 0.29) is 5.91 Å². The minimum Gasteiger partial charge on any atom is -0.338 e. The van der Waals surface area contributed by atoms with E-state index in [2.05, 4.69) is 15.3 Å². The Morgan fingerprint density at radius 3 is 2.85 bits per heavy atom. The summed E-state index contributed by atoms with van der Waals surface area (Å²) < 4.78 is 0. The molecule has 100 valence electrons. The molecule has 0 saturated carbocycles. The second-order valence-corrected chi connectivity index (χ2v) is 4.59. The van der Waals surface area contributed by atoms with Gasteiger partial charge in [-0.2, -0.15) is 0 Å². The van der Waals surface area contributed by atoms with Gasteiger partial charge in [-0.25, -0.2) is 4.98 Å². The molecule has 2 N–H and O–H groups in total. The summed E-state index contributed by atoms with van der Waals surface area (Å²) in [6, 6.07) is 15.6. The van der Waals surface area contributed by atoms with Crippen LogP contribution >= 0.6 is 0 Å². The fourth-order valence-corrected chi connectivity index (χ4v) is 2.08. The zero-order valence-electron chi connectivity index (χ0n) is 11.2. The minimum absolute atomic E-state index is 0.00626. The molecule has 0 saturated heterocycles. The third-order valence-electron chi connectivity index (χ3n) is 3.13. The van der Waals surface area contributed by atoms with Crippen molar-refractivity contribution in [2.24, 2.45) is 0 Å². The van der Waals surface area contributed by atoms with Gasteiger partial charge < -0.3 is 10.3 Å². The van der Waals surface area contributed by atoms with Gasteiger partial charge in [-0.15, -0.1) is 0 Å². The van der Waals surface area contributed by atoms with E-state index in [0.717, 1.165) is 28.1 Å². The van der Waals surface area contributed by atoms with Crippen molar-refractivity contribution in [1.29, 1.82) is 0 Å². The highest BCUT2D eigenvalue weighted by atomic mass is 16.1. The molecule has 0 spiro atoms. The van der Waals surface area contributed by atoms with Gasteiger partial charge in [0, 0.05) is 17.7 Å². The van der Waals surface area contributed by atoms with Crippen LogP contribution in [0.5, 0.6) is 0 Å². The molecule has 2 aromatic carbocycles. The summed E-state index contributed by atoms with van der Waals surface area (Å²) in [7, 11) is 0. The van der Waals surface area contributed by atoms with E-state index in [0.29, 0.717) is 6.42 Å². The van der Waals surface area contributed by atoms with Crippen LogP contribution in [0, 0.1) is 0 Å². The van der Waals surface area contributed by atoms with Gasteiger partial charge in [-0.1, -0.05) is 31.2 Å². The maximum atomic E-state index is 11.4. The average Bonchev–Trinajstić information content (AvgIpc) is 2.91. The second-order valence-electron chi connectivity index (χ2n) is 4.59. The molecule has 0 aliphatic carbocycles. The number of carbonyl (C=O) groups is 1. The van der Waals surface area contributed by atoms with Crippen LogP contribution in [-0.2, 0) is 4.79 Å². The maximum Gasteiger partial charge on any atom is 0.224 e. The Morgan fingerprint density at radius 2 is 2.05 bits per heavy atom. The highest BCUT2D eigenvalue weighted by Gasteiger charge is 2.06. The first-order valence-corrected chi connectivity index (χ1v) is 6.61. The first kappa shape index (κ1) is 12.4. The third kappa shape index (κ3) is 2.40. The van der Waals surface area contributed by atoms with Gasteiger partial charge in [-0.05, 0) is 24.3 Å². The lowest BCUT2D eigenvalue weighted by molar-refractivity contribution is -0.115. The molecule has 0 aliphatic heterocycles. The molecule has 4 nitrogen and oxygen atoms in total. The third-order valence-corrected chi connectivity index (χ3v) is 3.13. The quantitative estimate of drug-likeness (QED) is 0.760. The van der Waals surface area contributed by atoms with E-state index in [1.54, 1.807) is 0 Å². The summed E-state index contributed by atoms with van der Waals surface area (Å²) in [4.78, 5) is 19.3. The Bertz CT molecular complexity index is 728. The lowest BCUT2D eigenvalue weighted by Gasteiger charge is -2.04. The molecule has 1 aromatic heterocycles. The largest absolute Gasteiger partial charge is 0.338 e. The standard InChI is InChI=1S/C16H15N3O/c1-2-15(20)17-12-7-5-6-11(10-12)16-18-13-8-3-4-9-14(13)19-16/h3-10H,2H2,1H3,(H,17,20)(H,18,19). The Kier molecular flexibility index (Phi) is 3.21. The highest BCUT2D eigenvalue weighted by Crippen LogP contribution is 2.23. The van der Waals surface area contributed by atoms with Gasteiger partial charge in [-0.3, -0.25) is 4.79 Å². The van der Waals surface area contributed by atoms with Gasteiger partial charge in [0.2, 0.25) is 5.91 Å². The Morgan fingerprint density at radius 1 is 1.20 bits per heavy atom. The zero-order valence-corrected chi connectivity index (χ0v) is 11.2. The van der Waals surface area contributed by atoms with Crippen molar-refractivity contribution in [1.82, 2.24) is 9.97 Å². The molecule has 1 amide bonds. The zero-order chi connectivity index (χ0) is 13.9. The van der Waals surface area contributed by atoms with Crippen molar-refractivity contribution >= 4 is 22.6 Å². The number of carbonyl (C=O) groups excluding carboxylic acids is 1. The number of imidazole rings is 1. The van der Waals surface area contributed by atoms with Crippen molar-refractivity contribution < 1.29 is 4.79 Å². The summed E-state index contributed by atoms with van der Waals surface area (Å²) in [5.74, 6) is 0.811. The molecular weight excluding hydrogens is 250 g/mol. The van der Waals surface area contributed by atoms with Crippen LogP contribution in [0.1, 0.15) is 13.3 Å². The molecule has 0 aliphatic rings. The van der Waals surface area contributed by atoms with Gasteiger partial charge in [0.25, 0.3) is 0 Å². The second kappa shape index (κ2) is 5.17. The topological polar surface area (TPSA) is 57.8 Å². The lowest BCUT2D eigenvalue weighted by atomic mass is 10.2. The molecule has 0 atom stereocenters. The van der Waals surface area contributed by atoms with Crippen molar-refractivity contribution in [2.75, 3.05) is 5.32 Å². The SMILES string of the molecule is CCC(=O)Nc1cccc(-c2nc3ccccc3[nH]2)c1. The first-order chi connectivity index (χ1) is 9.76. The fourth-order valence-electron chi connectivity index (χ4n) is 2.08. The van der Waals surface area contributed by atoms with Crippen molar-refractivity contribution in [3.05, 3.63) is 48.5 Å². The van der Waals surface area contributed by atoms with Crippen LogP contribution in [0.2, 0.25) is 0 Å². The summed E-state index contributed by atoms with van der Waals surface area (Å²) in [5.41, 5.74) is 3.68. The van der Waals surface area contributed by atoms with Crippen molar-refractivity contribution in [3.8, 4) is 11.4 Å². The molecule has 20 heavy (non-hydrogen) atoms. The van der Waals surface area contributed by atoms with Crippen LogP contribution in [0.25, 0.3) is 22.4 Å². The molecule has 1 heterocycles. The van der Waals surface area contributed by atoms with Crippen LogP contribution in [0.15, 0.2) is 48.5 Å². The number of benzene rings is 2. The molecule has 0 bridgehead atoms. The van der Waals surface area contributed by atoms with Crippen molar-refractivity contribution in [2.45, 2.75) is 13.3 Å². The van der Waals surface area contributed by atoms with Gasteiger partial charge in [0.05, 0.1) is 11.0 Å². The predicted octanol–water partition coefficient (Wildman–Crippen LogP) is 3.58. The number of hydrogen-bond donors (Lipinski definition) is 2. The van der Waals surface area contributed by atoms with Crippen LogP contribution in [0.4, 0.5) is 5.69 Å². The molecule has 4 heteroatoms. The van der Waals surface area contributed by atoms with E-state index in [1.165, 1.54) is 0 Å². The maximum absolute atomic E-state index is 11.4. The molecule has 0 radical (unpaired) electrons. The Labute approximate surface area is 116 Å². The smallest absolute Gasteiger partial charge is 0.224 e. The number of para-hydroxylation sites is 2. The number of rotatable bonds is 3. The highest BCUT2D eigenvalue weighted by molar-refractivity contribution is 5.91. The molecule has 0 unspecified atom stereocenters. The summed E-state index contributed by atoms with van der Waals surface area (Å²) in [6.45, 7) is 1.83. The molecule has 0 fully saturated rings. The van der Waals surface area contributed by atoms with Crippen LogP contribution in [-0.4, -0.2) is 15.9 Å². The van der Waals surface area contributed by atoms with E-state index >= 15 is 0 Å². The first-order valence-electron chi connectivity index (χ1n) is 6.61. The molecule has 3 rings (SSSR count). The average molecular weight is 265 g/mol. The number of nitrogens with zero attached hydrogens (tertiary/aromatic N) is 1. The number of hydrogen-bond acceptors (Lipinski definition) is 2. The van der Waals surface area contributed by atoms with Gasteiger partial charge in [0.1, 0.15) is 5.82 Å². The van der Waals surface area contributed by atoms with E-state index in [1.807, 2.05) is 55.5 Å². The summed E-state index contributed by atoms with van der Waals surface area (Å²) in [5, 5.41) is 2.85. The number of aromatic nitrogens is 2. The Hall–Kier alpha value is -2.62. The summed E-state index contributed by atoms with van der Waals surface area (Å²) in [6.07, 6.45) is 0.467. The van der Waals surface area contributed by atoms with Gasteiger partial charge in [0.15, 0.2) is 0 Å². The lowest BCUT2D eigenvalue weighted by Crippen LogP contribution is -2.09. The van der Waals surface area contributed by atoms with Crippen LogP contribution in [0.3, 0.4) is 0 Å². The molecule has 3 aromatic rings. The number of aromatic amines is 1. The van der Waals surface area contributed by atoms with Gasteiger partial charge >= 0.3 is 0 Å². The number of amides is 1. The normalized spacial score (nSPS) is 10.7. The fraction of sp³-hybridized carbons (Fsp3) is 0.125. The monoisotopic (exact) mass is 265 g/mol. The van der Waals surface area contributed by atoms with E-state index < -0.39 is 0 Å². The number of anilines is 1. The number of H-pyrrole nitrogens is 1. The van der Waals surface area contributed by atoms with E-state index in [4.69, 9.17) is 0 Å².